The van der Waals surface area contributed by atoms with Gasteiger partial charge < -0.3 is 5.11 Å². The Hall–Kier alpha value is -0.670. The lowest BCUT2D eigenvalue weighted by atomic mass is 10.0. The second-order valence-corrected chi connectivity index (χ2v) is 4.26. The zero-order valence-corrected chi connectivity index (χ0v) is 9.35. The van der Waals surface area contributed by atoms with Crippen LogP contribution < -0.4 is 0 Å². The van der Waals surface area contributed by atoms with E-state index in [0.29, 0.717) is 5.56 Å². The number of hydrogen-bond donors (Lipinski definition) is 1. The minimum absolute atomic E-state index is 0.140. The average molecular weight is 235 g/mol. The van der Waals surface area contributed by atoms with Crippen molar-refractivity contribution in [2.24, 2.45) is 0 Å². The van der Waals surface area contributed by atoms with E-state index in [0.717, 1.165) is 11.1 Å². The highest BCUT2D eigenvalue weighted by Crippen LogP contribution is 2.26. The molecule has 0 fully saturated rings. The quantitative estimate of drug-likeness (QED) is 0.797. The molecular weight excluding hydrogens is 222 g/mol. The standard InChI is InChI=1S/C11H13ClF2O/c1-7-3-8(2)5-9(4-7)6-10(15)11(12,13)14/h3-5,10,15H,6H2,1-2H3. The van der Waals surface area contributed by atoms with Crippen molar-refractivity contribution in [3.8, 4) is 0 Å². The second kappa shape index (κ2) is 4.45. The highest BCUT2D eigenvalue weighted by molar-refractivity contribution is 6.22. The fourth-order valence-electron chi connectivity index (χ4n) is 1.53. The first-order chi connectivity index (χ1) is 6.79. The largest absolute Gasteiger partial charge is 0.385 e. The van der Waals surface area contributed by atoms with Crippen molar-refractivity contribution in [2.45, 2.75) is 31.8 Å². The molecule has 0 radical (unpaired) electrons. The molecule has 1 atom stereocenters. The fourth-order valence-corrected chi connectivity index (χ4v) is 1.60. The predicted octanol–water partition coefficient (Wildman–Crippen LogP) is 3.04. The summed E-state index contributed by atoms with van der Waals surface area (Å²) < 4.78 is 25.0. The number of hydrogen-bond acceptors (Lipinski definition) is 1. The van der Waals surface area contributed by atoms with E-state index in [1.165, 1.54) is 0 Å². The average Bonchev–Trinajstić information content (AvgIpc) is 1.99. The third-order valence-corrected chi connectivity index (χ3v) is 2.34. The molecule has 0 aliphatic carbocycles. The van der Waals surface area contributed by atoms with E-state index in [9.17, 15) is 8.78 Å². The van der Waals surface area contributed by atoms with Crippen molar-refractivity contribution >= 4 is 11.6 Å². The van der Waals surface area contributed by atoms with Crippen LogP contribution in [0.4, 0.5) is 8.78 Å². The summed E-state index contributed by atoms with van der Waals surface area (Å²) in [5.41, 5.74) is 2.63. The van der Waals surface area contributed by atoms with Gasteiger partial charge in [-0.1, -0.05) is 29.3 Å². The van der Waals surface area contributed by atoms with Crippen LogP contribution in [0, 0.1) is 13.8 Å². The van der Waals surface area contributed by atoms with Gasteiger partial charge in [-0.15, -0.1) is 0 Å². The molecule has 1 unspecified atom stereocenters. The molecule has 0 aromatic heterocycles. The van der Waals surface area contributed by atoms with E-state index >= 15 is 0 Å². The summed E-state index contributed by atoms with van der Waals surface area (Å²) in [6, 6.07) is 5.46. The van der Waals surface area contributed by atoms with Crippen LogP contribution in [0.3, 0.4) is 0 Å². The third kappa shape index (κ3) is 3.76. The van der Waals surface area contributed by atoms with E-state index in [-0.39, 0.29) is 6.42 Å². The Kier molecular flexibility index (Phi) is 3.68. The molecule has 0 spiro atoms. The first kappa shape index (κ1) is 12.4. The smallest absolute Gasteiger partial charge is 0.347 e. The van der Waals surface area contributed by atoms with Gasteiger partial charge >= 0.3 is 5.38 Å². The molecule has 1 nitrogen and oxygen atoms in total. The summed E-state index contributed by atoms with van der Waals surface area (Å²) in [5.74, 6) is 0. The molecule has 0 amide bonds. The molecule has 1 rings (SSSR count). The molecule has 1 aromatic carbocycles. The fraction of sp³-hybridized carbons (Fsp3) is 0.455. The van der Waals surface area contributed by atoms with Crippen LogP contribution in [-0.4, -0.2) is 16.6 Å². The summed E-state index contributed by atoms with van der Waals surface area (Å²) in [7, 11) is 0. The Bertz CT molecular complexity index is 327. The second-order valence-electron chi connectivity index (χ2n) is 3.76. The number of aliphatic hydroxyl groups is 1. The van der Waals surface area contributed by atoms with E-state index < -0.39 is 11.5 Å². The van der Waals surface area contributed by atoms with Gasteiger partial charge in [0.25, 0.3) is 0 Å². The van der Waals surface area contributed by atoms with Gasteiger partial charge in [0.1, 0.15) is 6.10 Å². The first-order valence-corrected chi connectivity index (χ1v) is 4.99. The Morgan fingerprint density at radius 1 is 1.27 bits per heavy atom. The molecule has 15 heavy (non-hydrogen) atoms. The molecule has 0 heterocycles. The number of aryl methyl sites for hydroxylation is 2. The molecule has 0 saturated carbocycles. The van der Waals surface area contributed by atoms with Crippen LogP contribution in [0.1, 0.15) is 16.7 Å². The first-order valence-electron chi connectivity index (χ1n) is 4.61. The summed E-state index contributed by atoms with van der Waals surface area (Å²) in [4.78, 5) is 0. The Balaban J connectivity index is 2.81. The van der Waals surface area contributed by atoms with Gasteiger partial charge in [0.15, 0.2) is 0 Å². The lowest BCUT2D eigenvalue weighted by molar-refractivity contribution is -0.0397. The number of rotatable bonds is 3. The molecule has 0 bridgehead atoms. The SMILES string of the molecule is Cc1cc(C)cc(CC(O)C(F)(F)Cl)c1. The van der Waals surface area contributed by atoms with Gasteiger partial charge in [-0.05, 0) is 31.0 Å². The molecule has 0 aliphatic heterocycles. The number of aliphatic hydroxyl groups excluding tert-OH is 1. The van der Waals surface area contributed by atoms with E-state index in [2.05, 4.69) is 0 Å². The lowest BCUT2D eigenvalue weighted by Crippen LogP contribution is -2.29. The van der Waals surface area contributed by atoms with Crippen molar-refractivity contribution in [2.75, 3.05) is 0 Å². The maximum atomic E-state index is 12.5. The van der Waals surface area contributed by atoms with Crippen LogP contribution in [-0.2, 0) is 6.42 Å². The van der Waals surface area contributed by atoms with Crippen LogP contribution >= 0.6 is 11.6 Å². The molecule has 4 heteroatoms. The van der Waals surface area contributed by atoms with Crippen LogP contribution in [0.2, 0.25) is 0 Å². The summed E-state index contributed by atoms with van der Waals surface area (Å²) in [6.45, 7) is 3.75. The van der Waals surface area contributed by atoms with Gasteiger partial charge in [-0.2, -0.15) is 8.78 Å². The van der Waals surface area contributed by atoms with Gasteiger partial charge in [0.05, 0.1) is 0 Å². The number of benzene rings is 1. The minimum atomic E-state index is -3.57. The molecule has 84 valence electrons. The highest BCUT2D eigenvalue weighted by Gasteiger charge is 2.35. The van der Waals surface area contributed by atoms with Crippen molar-refractivity contribution in [3.63, 3.8) is 0 Å². The molecular formula is C11H13ClF2O. The number of alkyl halides is 3. The molecule has 1 N–H and O–H groups in total. The minimum Gasteiger partial charge on any atom is -0.385 e. The van der Waals surface area contributed by atoms with E-state index in [1.54, 1.807) is 12.1 Å². The zero-order valence-electron chi connectivity index (χ0n) is 8.60. The molecule has 0 aliphatic rings. The van der Waals surface area contributed by atoms with Gasteiger partial charge in [0, 0.05) is 6.42 Å². The maximum Gasteiger partial charge on any atom is 0.347 e. The third-order valence-electron chi connectivity index (χ3n) is 2.09. The van der Waals surface area contributed by atoms with Crippen LogP contribution in [0.5, 0.6) is 0 Å². The van der Waals surface area contributed by atoms with Crippen molar-refractivity contribution < 1.29 is 13.9 Å². The Morgan fingerprint density at radius 2 is 1.73 bits per heavy atom. The normalized spacial score (nSPS) is 14.0. The van der Waals surface area contributed by atoms with Crippen molar-refractivity contribution in [3.05, 3.63) is 34.9 Å². The molecule has 0 saturated heterocycles. The van der Waals surface area contributed by atoms with Crippen molar-refractivity contribution in [1.82, 2.24) is 0 Å². The lowest BCUT2D eigenvalue weighted by Gasteiger charge is -2.16. The highest BCUT2D eigenvalue weighted by atomic mass is 35.5. The van der Waals surface area contributed by atoms with E-state index in [4.69, 9.17) is 16.7 Å². The number of halogens is 3. The monoisotopic (exact) mass is 234 g/mol. The maximum absolute atomic E-state index is 12.5. The summed E-state index contributed by atoms with van der Waals surface area (Å²) in [5, 5.41) is 5.57. The zero-order chi connectivity index (χ0) is 11.6. The topological polar surface area (TPSA) is 20.2 Å². The summed E-state index contributed by atoms with van der Waals surface area (Å²) in [6.07, 6.45) is -1.99. The Labute approximate surface area is 92.7 Å². The van der Waals surface area contributed by atoms with Gasteiger partial charge in [-0.3, -0.25) is 0 Å². The van der Waals surface area contributed by atoms with Gasteiger partial charge in [-0.25, -0.2) is 0 Å². The van der Waals surface area contributed by atoms with Crippen LogP contribution in [0.25, 0.3) is 0 Å². The Morgan fingerprint density at radius 3 is 2.13 bits per heavy atom. The van der Waals surface area contributed by atoms with Crippen molar-refractivity contribution in [1.29, 1.82) is 0 Å². The summed E-state index contributed by atoms with van der Waals surface area (Å²) >= 11 is 4.73. The van der Waals surface area contributed by atoms with E-state index in [1.807, 2.05) is 19.9 Å². The van der Waals surface area contributed by atoms with Gasteiger partial charge in [0.2, 0.25) is 0 Å². The van der Waals surface area contributed by atoms with Crippen LogP contribution in [0.15, 0.2) is 18.2 Å². The molecule has 1 aromatic rings. The predicted molar refractivity (Wildman–Crippen MR) is 56.4 cm³/mol.